The summed E-state index contributed by atoms with van der Waals surface area (Å²) in [6, 6.07) is 10.7. The first-order valence-corrected chi connectivity index (χ1v) is 9.55. The van der Waals surface area contributed by atoms with Crippen molar-refractivity contribution >= 4 is 34.8 Å². The normalized spacial score (nSPS) is 15.2. The van der Waals surface area contributed by atoms with Gasteiger partial charge in [-0.3, -0.25) is 24.5 Å². The molecule has 0 saturated carbocycles. The average Bonchev–Trinajstić information content (AvgIpc) is 3.18. The Balaban J connectivity index is 1.57. The number of anilines is 2. The van der Waals surface area contributed by atoms with E-state index in [1.165, 1.54) is 37.3 Å². The third-order valence-electron chi connectivity index (χ3n) is 4.86. The summed E-state index contributed by atoms with van der Waals surface area (Å²) in [6.07, 6.45) is -0.0478. The summed E-state index contributed by atoms with van der Waals surface area (Å²) in [4.78, 5) is 48.8. The summed E-state index contributed by atoms with van der Waals surface area (Å²) in [7, 11) is 2.91. The van der Waals surface area contributed by atoms with Gasteiger partial charge in [-0.05, 0) is 30.3 Å². The molecular formula is C21H21N3O8. The largest absolute Gasteiger partial charge is 0.497 e. The molecule has 1 heterocycles. The minimum Gasteiger partial charge on any atom is -0.497 e. The number of amides is 2. The van der Waals surface area contributed by atoms with Crippen LogP contribution in [0.2, 0.25) is 0 Å². The summed E-state index contributed by atoms with van der Waals surface area (Å²) in [5.41, 5.74) is 0.202. The number of rotatable bonds is 8. The molecule has 3 rings (SSSR count). The predicted molar refractivity (Wildman–Crippen MR) is 113 cm³/mol. The highest BCUT2D eigenvalue weighted by Gasteiger charge is 2.36. The lowest BCUT2D eigenvalue weighted by Crippen LogP contribution is -2.28. The van der Waals surface area contributed by atoms with Gasteiger partial charge in [0.05, 0.1) is 25.1 Å². The molecule has 2 aromatic rings. The van der Waals surface area contributed by atoms with E-state index in [2.05, 4.69) is 5.32 Å². The number of nitro groups is 1. The molecule has 0 radical (unpaired) electrons. The number of benzene rings is 2. The summed E-state index contributed by atoms with van der Waals surface area (Å²) >= 11 is 0. The van der Waals surface area contributed by atoms with E-state index in [1.54, 1.807) is 24.3 Å². The van der Waals surface area contributed by atoms with Gasteiger partial charge in [-0.1, -0.05) is 0 Å². The van der Waals surface area contributed by atoms with Crippen molar-refractivity contribution in [2.45, 2.75) is 6.42 Å². The van der Waals surface area contributed by atoms with E-state index in [9.17, 15) is 24.5 Å². The lowest BCUT2D eigenvalue weighted by molar-refractivity contribution is -0.383. The van der Waals surface area contributed by atoms with Crippen LogP contribution in [0.3, 0.4) is 0 Å². The molecule has 11 nitrogen and oxygen atoms in total. The highest BCUT2D eigenvalue weighted by molar-refractivity contribution is 6.00. The van der Waals surface area contributed by atoms with Gasteiger partial charge in [0.2, 0.25) is 5.91 Å². The van der Waals surface area contributed by atoms with Gasteiger partial charge in [0, 0.05) is 30.8 Å². The molecule has 1 saturated heterocycles. The third-order valence-corrected chi connectivity index (χ3v) is 4.86. The van der Waals surface area contributed by atoms with E-state index in [4.69, 9.17) is 14.2 Å². The maximum Gasteiger partial charge on any atom is 0.311 e. The molecule has 1 aliphatic rings. The average molecular weight is 443 g/mol. The van der Waals surface area contributed by atoms with Crippen molar-refractivity contribution in [2.75, 3.05) is 37.6 Å². The van der Waals surface area contributed by atoms with Crippen LogP contribution in [0.4, 0.5) is 17.1 Å². The molecule has 168 valence electrons. The first-order valence-electron chi connectivity index (χ1n) is 9.55. The van der Waals surface area contributed by atoms with Crippen molar-refractivity contribution in [2.24, 2.45) is 5.92 Å². The second-order valence-electron chi connectivity index (χ2n) is 6.90. The number of ether oxygens (including phenoxy) is 3. The fourth-order valence-electron chi connectivity index (χ4n) is 3.22. The molecule has 32 heavy (non-hydrogen) atoms. The molecule has 0 unspecified atom stereocenters. The first kappa shape index (κ1) is 22.5. The Bertz CT molecular complexity index is 1040. The van der Waals surface area contributed by atoms with Crippen LogP contribution >= 0.6 is 0 Å². The predicted octanol–water partition coefficient (Wildman–Crippen LogP) is 2.15. The standard InChI is InChI=1S/C21H21N3O8/c1-30-15-5-3-14(4-6-15)23-11-13(9-20(23)26)21(27)32-12-19(25)22-17-10-16(31-2)7-8-18(17)24(28)29/h3-8,10,13H,9,11-12H2,1-2H3,(H,22,25)/t13-/m0/s1. The van der Waals surface area contributed by atoms with Gasteiger partial charge in [-0.2, -0.15) is 0 Å². The molecule has 11 heteroatoms. The Morgan fingerprint density at radius 1 is 1.12 bits per heavy atom. The number of nitrogens with zero attached hydrogens (tertiary/aromatic N) is 2. The van der Waals surface area contributed by atoms with Crippen molar-refractivity contribution in [3.8, 4) is 11.5 Å². The Labute approximate surface area is 183 Å². The molecule has 1 aliphatic heterocycles. The van der Waals surface area contributed by atoms with Gasteiger partial charge >= 0.3 is 5.97 Å². The Morgan fingerprint density at radius 3 is 2.41 bits per heavy atom. The van der Waals surface area contributed by atoms with Crippen LogP contribution < -0.4 is 19.7 Å². The molecular weight excluding hydrogens is 422 g/mol. The summed E-state index contributed by atoms with van der Waals surface area (Å²) in [5.74, 6) is -1.49. The van der Waals surface area contributed by atoms with E-state index in [1.807, 2.05) is 0 Å². The van der Waals surface area contributed by atoms with E-state index in [-0.39, 0.29) is 30.2 Å². The molecule has 0 bridgehead atoms. The van der Waals surface area contributed by atoms with Gasteiger partial charge in [-0.25, -0.2) is 0 Å². The molecule has 0 spiro atoms. The molecule has 0 aromatic heterocycles. The van der Waals surface area contributed by atoms with Crippen LogP contribution in [0.1, 0.15) is 6.42 Å². The molecule has 2 aromatic carbocycles. The fraction of sp³-hybridized carbons (Fsp3) is 0.286. The van der Waals surface area contributed by atoms with Gasteiger partial charge in [-0.15, -0.1) is 0 Å². The minimum atomic E-state index is -0.758. The van der Waals surface area contributed by atoms with Crippen molar-refractivity contribution < 1.29 is 33.5 Å². The number of nitrogens with one attached hydrogen (secondary N) is 1. The molecule has 2 amide bonds. The second kappa shape index (κ2) is 9.77. The van der Waals surface area contributed by atoms with Gasteiger partial charge < -0.3 is 24.4 Å². The third kappa shape index (κ3) is 5.12. The number of esters is 1. The van der Waals surface area contributed by atoms with Crippen LogP contribution in [-0.4, -0.2) is 50.1 Å². The molecule has 1 N–H and O–H groups in total. The number of carbonyl (C=O) groups excluding carboxylic acids is 3. The lowest BCUT2D eigenvalue weighted by Gasteiger charge is -2.17. The number of hydrogen-bond acceptors (Lipinski definition) is 8. The van der Waals surface area contributed by atoms with Crippen LogP contribution in [0.25, 0.3) is 0 Å². The number of hydrogen-bond donors (Lipinski definition) is 1. The summed E-state index contributed by atoms with van der Waals surface area (Å²) in [5, 5.41) is 13.5. The van der Waals surface area contributed by atoms with Gasteiger partial charge in [0.1, 0.15) is 17.2 Å². The Morgan fingerprint density at radius 2 is 1.78 bits per heavy atom. The molecule has 1 fully saturated rings. The zero-order valence-corrected chi connectivity index (χ0v) is 17.4. The maximum absolute atomic E-state index is 12.4. The van der Waals surface area contributed by atoms with Gasteiger partial charge in [0.15, 0.2) is 6.61 Å². The zero-order valence-electron chi connectivity index (χ0n) is 17.4. The van der Waals surface area contributed by atoms with E-state index in [0.29, 0.717) is 17.2 Å². The van der Waals surface area contributed by atoms with E-state index in [0.717, 1.165) is 0 Å². The fourth-order valence-corrected chi connectivity index (χ4v) is 3.22. The van der Waals surface area contributed by atoms with E-state index < -0.39 is 29.3 Å². The SMILES string of the molecule is COc1ccc(N2C[C@@H](C(=O)OCC(=O)Nc3cc(OC)ccc3[N+](=O)[O-])CC2=O)cc1. The second-order valence-corrected chi connectivity index (χ2v) is 6.90. The quantitative estimate of drug-likeness (QED) is 0.372. The van der Waals surface area contributed by atoms with Crippen molar-refractivity contribution in [3.63, 3.8) is 0 Å². The first-order chi connectivity index (χ1) is 15.3. The van der Waals surface area contributed by atoms with E-state index >= 15 is 0 Å². The van der Waals surface area contributed by atoms with Crippen molar-refractivity contribution in [1.29, 1.82) is 0 Å². The maximum atomic E-state index is 12.4. The number of methoxy groups -OCH3 is 2. The topological polar surface area (TPSA) is 137 Å². The van der Waals surface area contributed by atoms with Crippen LogP contribution in [-0.2, 0) is 19.1 Å². The Kier molecular flexibility index (Phi) is 6.88. The highest BCUT2D eigenvalue weighted by Crippen LogP contribution is 2.29. The number of carbonyl (C=O) groups is 3. The molecule has 1 atom stereocenters. The van der Waals surface area contributed by atoms with Crippen LogP contribution in [0.5, 0.6) is 11.5 Å². The van der Waals surface area contributed by atoms with Crippen LogP contribution in [0.15, 0.2) is 42.5 Å². The van der Waals surface area contributed by atoms with Crippen molar-refractivity contribution in [3.05, 3.63) is 52.6 Å². The smallest absolute Gasteiger partial charge is 0.311 e. The van der Waals surface area contributed by atoms with Gasteiger partial charge in [0.25, 0.3) is 11.6 Å². The Hall–Kier alpha value is -4.15. The van der Waals surface area contributed by atoms with Crippen LogP contribution in [0, 0.1) is 16.0 Å². The summed E-state index contributed by atoms with van der Waals surface area (Å²) < 4.78 is 15.1. The van der Waals surface area contributed by atoms with Crippen molar-refractivity contribution in [1.82, 2.24) is 0 Å². The molecule has 0 aliphatic carbocycles. The lowest BCUT2D eigenvalue weighted by atomic mass is 10.1. The zero-order chi connectivity index (χ0) is 23.3. The monoisotopic (exact) mass is 443 g/mol. The minimum absolute atomic E-state index is 0.0478. The highest BCUT2D eigenvalue weighted by atomic mass is 16.6. The number of nitro benzene ring substituents is 1. The summed E-state index contributed by atoms with van der Waals surface area (Å²) in [6.45, 7) is -0.534.